The Balaban J connectivity index is 2.10. The van der Waals surface area contributed by atoms with Gasteiger partial charge in [-0.1, -0.05) is 34.8 Å². The van der Waals surface area contributed by atoms with E-state index in [2.05, 4.69) is 14.9 Å². The topological polar surface area (TPSA) is 75.2 Å². The fourth-order valence-corrected chi connectivity index (χ4v) is 3.48. The van der Waals surface area contributed by atoms with E-state index < -0.39 is 35.0 Å². The van der Waals surface area contributed by atoms with Crippen LogP contribution in [-0.2, 0) is 11.3 Å². The van der Waals surface area contributed by atoms with Crippen molar-refractivity contribution in [1.29, 1.82) is 0 Å². The average molecular weight is 445 g/mol. The highest BCUT2D eigenvalue weighted by atomic mass is 32.1. The zero-order valence-corrected chi connectivity index (χ0v) is 18.1. The van der Waals surface area contributed by atoms with Crippen molar-refractivity contribution in [3.63, 3.8) is 0 Å². The predicted octanol–water partition coefficient (Wildman–Crippen LogP) is 4.11. The number of nitrogens with zero attached hydrogens (tertiary/aromatic N) is 3. The molecule has 1 atom stereocenters. The van der Waals surface area contributed by atoms with Gasteiger partial charge in [-0.3, -0.25) is 9.59 Å². The average Bonchev–Trinajstić information content (AvgIpc) is 3.23. The lowest BCUT2D eigenvalue weighted by Crippen LogP contribution is -2.49. The molecule has 3 rings (SSSR count). The molecule has 0 aliphatic carbocycles. The lowest BCUT2D eigenvalue weighted by molar-refractivity contribution is -0.127. The van der Waals surface area contributed by atoms with E-state index in [0.717, 1.165) is 11.5 Å². The van der Waals surface area contributed by atoms with Gasteiger partial charge in [0.1, 0.15) is 17.7 Å². The van der Waals surface area contributed by atoms with E-state index in [9.17, 15) is 18.4 Å². The van der Waals surface area contributed by atoms with Crippen molar-refractivity contribution in [2.24, 2.45) is 0 Å². The molecule has 6 nitrogen and oxygen atoms in total. The van der Waals surface area contributed by atoms with Crippen LogP contribution < -0.4 is 5.32 Å². The summed E-state index contributed by atoms with van der Waals surface area (Å²) in [6.07, 6.45) is 0. The summed E-state index contributed by atoms with van der Waals surface area (Å²) in [5.41, 5.74) is 0.0623. The van der Waals surface area contributed by atoms with E-state index in [-0.39, 0.29) is 17.8 Å². The molecule has 162 valence electrons. The molecule has 2 aromatic carbocycles. The number of aromatic nitrogens is 2. The molecule has 2 amide bonds. The third-order valence-electron chi connectivity index (χ3n) is 4.38. The van der Waals surface area contributed by atoms with E-state index in [1.54, 1.807) is 32.9 Å². The van der Waals surface area contributed by atoms with Gasteiger partial charge in [-0.15, -0.1) is 5.10 Å². The molecule has 1 heterocycles. The number of hydrogen-bond acceptors (Lipinski definition) is 5. The Morgan fingerprint density at radius 3 is 2.35 bits per heavy atom. The summed E-state index contributed by atoms with van der Waals surface area (Å²) in [6, 6.07) is 10.2. The van der Waals surface area contributed by atoms with Crippen molar-refractivity contribution in [3.8, 4) is 0 Å². The standard InChI is InChI=1S/C22H22F2N4O2S/c1-22(2,3)25-20(29)19(14-8-10-16(23)11-9-14)28(21(30)18-13-31-27-26-18)12-15-6-4-5-7-17(15)24/h4-11,13,19H,12H2,1-3H3,(H,25,29). The smallest absolute Gasteiger partial charge is 0.276 e. The maximum Gasteiger partial charge on any atom is 0.276 e. The van der Waals surface area contributed by atoms with Gasteiger partial charge in [0.2, 0.25) is 5.91 Å². The Labute approximate surface area is 183 Å². The molecule has 0 radical (unpaired) electrons. The molecule has 3 aromatic rings. The molecular weight excluding hydrogens is 422 g/mol. The lowest BCUT2D eigenvalue weighted by Gasteiger charge is -2.33. The van der Waals surface area contributed by atoms with Crippen LogP contribution in [0.25, 0.3) is 0 Å². The van der Waals surface area contributed by atoms with Crippen molar-refractivity contribution in [1.82, 2.24) is 19.8 Å². The molecule has 0 aliphatic heterocycles. The second-order valence-electron chi connectivity index (χ2n) is 8.01. The van der Waals surface area contributed by atoms with Crippen molar-refractivity contribution in [2.75, 3.05) is 0 Å². The Kier molecular flexibility index (Phi) is 6.74. The van der Waals surface area contributed by atoms with Crippen molar-refractivity contribution in [2.45, 2.75) is 38.9 Å². The molecule has 0 fully saturated rings. The van der Waals surface area contributed by atoms with Gasteiger partial charge in [0, 0.05) is 16.5 Å². The Morgan fingerprint density at radius 2 is 1.77 bits per heavy atom. The number of hydrogen-bond donors (Lipinski definition) is 1. The molecule has 1 unspecified atom stereocenters. The van der Waals surface area contributed by atoms with Crippen LogP contribution in [0.1, 0.15) is 48.4 Å². The van der Waals surface area contributed by atoms with Gasteiger partial charge in [0.15, 0.2) is 5.69 Å². The summed E-state index contributed by atoms with van der Waals surface area (Å²) in [7, 11) is 0. The summed E-state index contributed by atoms with van der Waals surface area (Å²) in [5.74, 6) is -2.05. The molecule has 0 spiro atoms. The highest BCUT2D eigenvalue weighted by Gasteiger charge is 2.35. The summed E-state index contributed by atoms with van der Waals surface area (Å²) in [6.45, 7) is 5.22. The van der Waals surface area contributed by atoms with Gasteiger partial charge in [0.05, 0.1) is 6.54 Å². The van der Waals surface area contributed by atoms with Crippen molar-refractivity contribution < 1.29 is 18.4 Å². The molecule has 0 aliphatic rings. The van der Waals surface area contributed by atoms with Crippen LogP contribution in [0.2, 0.25) is 0 Å². The number of benzene rings is 2. The van der Waals surface area contributed by atoms with Crippen LogP contribution >= 0.6 is 11.5 Å². The summed E-state index contributed by atoms with van der Waals surface area (Å²) < 4.78 is 31.7. The lowest BCUT2D eigenvalue weighted by atomic mass is 10.0. The highest BCUT2D eigenvalue weighted by molar-refractivity contribution is 7.03. The van der Waals surface area contributed by atoms with Crippen LogP contribution in [0.5, 0.6) is 0 Å². The van der Waals surface area contributed by atoms with Gasteiger partial charge in [-0.05, 0) is 56.1 Å². The molecular formula is C22H22F2N4O2S. The minimum absolute atomic E-state index is 0.0389. The van der Waals surface area contributed by atoms with Crippen LogP contribution in [0.3, 0.4) is 0 Å². The largest absolute Gasteiger partial charge is 0.349 e. The first kappa shape index (κ1) is 22.5. The molecule has 1 N–H and O–H groups in total. The van der Waals surface area contributed by atoms with Gasteiger partial charge in [-0.25, -0.2) is 8.78 Å². The third kappa shape index (κ3) is 5.69. The van der Waals surface area contributed by atoms with Crippen LogP contribution in [-0.4, -0.2) is 31.8 Å². The fraction of sp³-hybridized carbons (Fsp3) is 0.273. The highest BCUT2D eigenvalue weighted by Crippen LogP contribution is 2.27. The number of nitrogens with one attached hydrogen (secondary N) is 1. The van der Waals surface area contributed by atoms with Gasteiger partial charge >= 0.3 is 0 Å². The van der Waals surface area contributed by atoms with Gasteiger partial charge < -0.3 is 10.2 Å². The zero-order valence-electron chi connectivity index (χ0n) is 17.3. The first-order chi connectivity index (χ1) is 14.7. The number of halogens is 2. The normalized spacial score (nSPS) is 12.3. The zero-order chi connectivity index (χ0) is 22.6. The number of carbonyl (C=O) groups excluding carboxylic acids is 2. The molecule has 1 aromatic heterocycles. The van der Waals surface area contributed by atoms with E-state index in [1.165, 1.54) is 46.7 Å². The van der Waals surface area contributed by atoms with Crippen LogP contribution in [0, 0.1) is 11.6 Å². The van der Waals surface area contributed by atoms with E-state index in [4.69, 9.17) is 0 Å². The third-order valence-corrected chi connectivity index (χ3v) is 4.89. The summed E-state index contributed by atoms with van der Waals surface area (Å²) in [4.78, 5) is 27.9. The van der Waals surface area contributed by atoms with Crippen molar-refractivity contribution >= 4 is 23.3 Å². The number of amides is 2. The van der Waals surface area contributed by atoms with Crippen LogP contribution in [0.4, 0.5) is 8.78 Å². The first-order valence-corrected chi connectivity index (χ1v) is 10.4. The molecule has 9 heteroatoms. The van der Waals surface area contributed by atoms with Crippen LogP contribution in [0.15, 0.2) is 53.9 Å². The van der Waals surface area contributed by atoms with Crippen molar-refractivity contribution in [3.05, 3.63) is 82.4 Å². The SMILES string of the molecule is CC(C)(C)NC(=O)C(c1ccc(F)cc1)N(Cc1ccccc1F)C(=O)c1csnn1. The Morgan fingerprint density at radius 1 is 1.10 bits per heavy atom. The monoisotopic (exact) mass is 444 g/mol. The van der Waals surface area contributed by atoms with E-state index in [1.807, 2.05) is 0 Å². The maximum atomic E-state index is 14.4. The molecule has 0 bridgehead atoms. The summed E-state index contributed by atoms with van der Waals surface area (Å²) >= 11 is 0.990. The maximum absolute atomic E-state index is 14.4. The van der Waals surface area contributed by atoms with Gasteiger partial charge in [0.25, 0.3) is 5.91 Å². The number of rotatable bonds is 6. The Bertz CT molecular complexity index is 1050. The fourth-order valence-electron chi connectivity index (χ4n) is 3.05. The molecule has 0 saturated carbocycles. The quantitative estimate of drug-likeness (QED) is 0.621. The molecule has 31 heavy (non-hydrogen) atoms. The van der Waals surface area contributed by atoms with E-state index in [0.29, 0.717) is 5.56 Å². The number of carbonyl (C=O) groups is 2. The minimum atomic E-state index is -1.14. The van der Waals surface area contributed by atoms with E-state index >= 15 is 0 Å². The second-order valence-corrected chi connectivity index (χ2v) is 8.62. The minimum Gasteiger partial charge on any atom is -0.349 e. The summed E-state index contributed by atoms with van der Waals surface area (Å²) in [5, 5.41) is 8.14. The Hall–Kier alpha value is -3.20. The first-order valence-electron chi connectivity index (χ1n) is 9.54. The van der Waals surface area contributed by atoms with Gasteiger partial charge in [-0.2, -0.15) is 0 Å². The second kappa shape index (κ2) is 9.30. The molecule has 0 saturated heterocycles. The predicted molar refractivity (Wildman–Crippen MR) is 113 cm³/mol.